The Kier molecular flexibility index (Phi) is 5.07. The van der Waals surface area contributed by atoms with Crippen LogP contribution in [0.1, 0.15) is 45.6 Å². The van der Waals surface area contributed by atoms with Crippen LogP contribution in [0.5, 0.6) is 0 Å². The molecule has 1 aliphatic rings. The third-order valence-electron chi connectivity index (χ3n) is 4.45. The summed E-state index contributed by atoms with van der Waals surface area (Å²) in [5.41, 5.74) is 1.24. The van der Waals surface area contributed by atoms with Gasteiger partial charge in [-0.05, 0) is 48.9 Å². The van der Waals surface area contributed by atoms with Crippen LogP contribution in [0.3, 0.4) is 0 Å². The molecule has 0 radical (unpaired) electrons. The quantitative estimate of drug-likeness (QED) is 0.878. The van der Waals surface area contributed by atoms with E-state index in [0.29, 0.717) is 11.4 Å². The van der Waals surface area contributed by atoms with Gasteiger partial charge in [-0.3, -0.25) is 0 Å². The van der Waals surface area contributed by atoms with Crippen molar-refractivity contribution in [3.63, 3.8) is 0 Å². The van der Waals surface area contributed by atoms with Crippen molar-refractivity contribution >= 4 is 10.0 Å². The van der Waals surface area contributed by atoms with Crippen molar-refractivity contribution in [1.82, 2.24) is 10.0 Å². The second-order valence-corrected chi connectivity index (χ2v) is 8.14. The topological polar surface area (TPSA) is 58.2 Å². The molecule has 1 heterocycles. The Hall–Kier alpha value is -0.910. The van der Waals surface area contributed by atoms with Gasteiger partial charge in [-0.15, -0.1) is 0 Å². The minimum atomic E-state index is -3.42. The molecule has 5 heteroatoms. The molecule has 0 bridgehead atoms. The maximum absolute atomic E-state index is 12.4. The Morgan fingerprint density at radius 3 is 2.48 bits per heavy atom. The fourth-order valence-corrected chi connectivity index (χ4v) is 3.80. The zero-order chi connectivity index (χ0) is 15.5. The molecular weight excluding hydrogens is 284 g/mol. The van der Waals surface area contributed by atoms with E-state index in [1.165, 1.54) is 5.56 Å². The van der Waals surface area contributed by atoms with Crippen LogP contribution in [0.15, 0.2) is 29.2 Å². The third kappa shape index (κ3) is 4.05. The normalized spacial score (nSPS) is 20.4. The van der Waals surface area contributed by atoms with Crippen molar-refractivity contribution < 1.29 is 8.42 Å². The van der Waals surface area contributed by atoms with Gasteiger partial charge in [-0.2, -0.15) is 0 Å². The standard InChI is InChI=1S/C16H26N2O2S/c1-4-16(2,3)13-7-9-15(10-8-13)21(19,20)18-14-6-5-11-17-12-14/h7-10,14,17-18H,4-6,11-12H2,1-3H3. The summed E-state index contributed by atoms with van der Waals surface area (Å²) < 4.78 is 27.6. The molecule has 2 N–H and O–H groups in total. The lowest BCUT2D eigenvalue weighted by atomic mass is 9.82. The van der Waals surface area contributed by atoms with Crippen LogP contribution in [0.4, 0.5) is 0 Å². The Morgan fingerprint density at radius 1 is 1.29 bits per heavy atom. The Morgan fingerprint density at radius 2 is 1.95 bits per heavy atom. The van der Waals surface area contributed by atoms with Crippen LogP contribution in [-0.4, -0.2) is 27.5 Å². The molecule has 1 aromatic carbocycles. The first-order valence-corrected chi connectivity index (χ1v) is 9.17. The van der Waals surface area contributed by atoms with Crippen LogP contribution in [0.2, 0.25) is 0 Å². The van der Waals surface area contributed by atoms with Crippen LogP contribution in [0, 0.1) is 0 Å². The molecule has 0 spiro atoms. The van der Waals surface area contributed by atoms with E-state index in [9.17, 15) is 8.42 Å². The van der Waals surface area contributed by atoms with E-state index in [0.717, 1.165) is 25.8 Å². The highest BCUT2D eigenvalue weighted by atomic mass is 32.2. The van der Waals surface area contributed by atoms with Gasteiger partial charge in [-0.25, -0.2) is 13.1 Å². The molecule has 1 saturated heterocycles. The van der Waals surface area contributed by atoms with Gasteiger partial charge in [0.05, 0.1) is 4.90 Å². The number of hydrogen-bond donors (Lipinski definition) is 2. The molecule has 2 rings (SSSR count). The van der Waals surface area contributed by atoms with Crippen molar-refractivity contribution in [2.24, 2.45) is 0 Å². The van der Waals surface area contributed by atoms with Gasteiger partial charge in [0.2, 0.25) is 10.0 Å². The molecule has 21 heavy (non-hydrogen) atoms. The molecule has 1 aliphatic heterocycles. The Balaban J connectivity index is 2.13. The zero-order valence-corrected chi connectivity index (χ0v) is 14.0. The SMILES string of the molecule is CCC(C)(C)c1ccc(S(=O)(=O)NC2CCCNC2)cc1. The molecule has 1 atom stereocenters. The number of nitrogens with one attached hydrogen (secondary N) is 2. The van der Waals surface area contributed by atoms with Gasteiger partial charge in [0.1, 0.15) is 0 Å². The van der Waals surface area contributed by atoms with Gasteiger partial charge in [0.15, 0.2) is 0 Å². The molecule has 1 unspecified atom stereocenters. The summed E-state index contributed by atoms with van der Waals surface area (Å²) in [7, 11) is -3.42. The lowest BCUT2D eigenvalue weighted by Gasteiger charge is -2.25. The second kappa shape index (κ2) is 6.46. The van der Waals surface area contributed by atoms with Crippen molar-refractivity contribution in [2.45, 2.75) is 56.4 Å². The highest BCUT2D eigenvalue weighted by molar-refractivity contribution is 7.89. The van der Waals surface area contributed by atoms with Crippen LogP contribution >= 0.6 is 0 Å². The number of benzene rings is 1. The predicted molar refractivity (Wildman–Crippen MR) is 86.0 cm³/mol. The first kappa shape index (κ1) is 16.5. The van der Waals surface area contributed by atoms with E-state index in [-0.39, 0.29) is 11.5 Å². The monoisotopic (exact) mass is 310 g/mol. The van der Waals surface area contributed by atoms with Gasteiger partial charge < -0.3 is 5.32 Å². The summed E-state index contributed by atoms with van der Waals surface area (Å²) >= 11 is 0. The first-order valence-electron chi connectivity index (χ1n) is 7.69. The van der Waals surface area contributed by atoms with E-state index in [2.05, 4.69) is 30.8 Å². The van der Waals surface area contributed by atoms with Crippen molar-refractivity contribution in [2.75, 3.05) is 13.1 Å². The van der Waals surface area contributed by atoms with Crippen molar-refractivity contribution in [3.05, 3.63) is 29.8 Å². The van der Waals surface area contributed by atoms with E-state index in [1.807, 2.05) is 12.1 Å². The molecule has 118 valence electrons. The summed E-state index contributed by atoms with van der Waals surface area (Å²) in [4.78, 5) is 0.351. The predicted octanol–water partition coefficient (Wildman–Crippen LogP) is 2.40. The summed E-state index contributed by atoms with van der Waals surface area (Å²) in [5.74, 6) is 0. The molecule has 1 fully saturated rings. The zero-order valence-electron chi connectivity index (χ0n) is 13.1. The lowest BCUT2D eigenvalue weighted by Crippen LogP contribution is -2.45. The van der Waals surface area contributed by atoms with E-state index < -0.39 is 10.0 Å². The largest absolute Gasteiger partial charge is 0.315 e. The third-order valence-corrected chi connectivity index (χ3v) is 5.99. The molecule has 0 amide bonds. The smallest absolute Gasteiger partial charge is 0.240 e. The highest BCUT2D eigenvalue weighted by Gasteiger charge is 2.23. The van der Waals surface area contributed by atoms with Gasteiger partial charge in [0.25, 0.3) is 0 Å². The van der Waals surface area contributed by atoms with Gasteiger partial charge >= 0.3 is 0 Å². The summed E-state index contributed by atoms with van der Waals surface area (Å²) in [6.07, 6.45) is 2.93. The number of hydrogen-bond acceptors (Lipinski definition) is 3. The molecule has 0 aromatic heterocycles. The van der Waals surface area contributed by atoms with E-state index in [1.54, 1.807) is 12.1 Å². The maximum atomic E-state index is 12.4. The van der Waals surface area contributed by atoms with Crippen LogP contribution in [-0.2, 0) is 15.4 Å². The fourth-order valence-electron chi connectivity index (χ4n) is 2.53. The molecule has 4 nitrogen and oxygen atoms in total. The number of piperidine rings is 1. The minimum Gasteiger partial charge on any atom is -0.315 e. The summed E-state index contributed by atoms with van der Waals surface area (Å²) in [6.45, 7) is 8.16. The molecule has 0 saturated carbocycles. The number of sulfonamides is 1. The average molecular weight is 310 g/mol. The van der Waals surface area contributed by atoms with Crippen molar-refractivity contribution in [1.29, 1.82) is 0 Å². The Labute approximate surface area is 128 Å². The van der Waals surface area contributed by atoms with Gasteiger partial charge in [-0.1, -0.05) is 32.9 Å². The maximum Gasteiger partial charge on any atom is 0.240 e. The van der Waals surface area contributed by atoms with Crippen LogP contribution < -0.4 is 10.0 Å². The van der Waals surface area contributed by atoms with E-state index in [4.69, 9.17) is 0 Å². The second-order valence-electron chi connectivity index (χ2n) is 6.43. The summed E-state index contributed by atoms with van der Waals surface area (Å²) in [6, 6.07) is 7.28. The van der Waals surface area contributed by atoms with Gasteiger partial charge in [0, 0.05) is 12.6 Å². The summed E-state index contributed by atoms with van der Waals surface area (Å²) in [5, 5.41) is 3.22. The molecule has 0 aliphatic carbocycles. The first-order chi connectivity index (χ1) is 9.85. The highest BCUT2D eigenvalue weighted by Crippen LogP contribution is 2.27. The lowest BCUT2D eigenvalue weighted by molar-refractivity contribution is 0.428. The molecule has 1 aromatic rings. The fraction of sp³-hybridized carbons (Fsp3) is 0.625. The van der Waals surface area contributed by atoms with E-state index >= 15 is 0 Å². The molecular formula is C16H26N2O2S. The van der Waals surface area contributed by atoms with Crippen molar-refractivity contribution in [3.8, 4) is 0 Å². The minimum absolute atomic E-state index is 0.00416. The number of rotatable bonds is 5. The van der Waals surface area contributed by atoms with Crippen LogP contribution in [0.25, 0.3) is 0 Å². The average Bonchev–Trinajstić information content (AvgIpc) is 2.48. The Bertz CT molecular complexity index is 558.